The first-order valence-corrected chi connectivity index (χ1v) is 4.94. The van der Waals surface area contributed by atoms with Gasteiger partial charge in [0.25, 0.3) is 0 Å². The van der Waals surface area contributed by atoms with E-state index < -0.39 is 11.8 Å². The minimum atomic E-state index is -0.534. The fraction of sp³-hybridized carbons (Fsp3) is 0.500. The van der Waals surface area contributed by atoms with E-state index in [0.717, 1.165) is 4.90 Å². The molecule has 2 N–H and O–H groups in total. The van der Waals surface area contributed by atoms with Crippen molar-refractivity contribution in [3.05, 3.63) is 0 Å². The molecule has 0 unspecified atom stereocenters. The van der Waals surface area contributed by atoms with Crippen LogP contribution in [0.3, 0.4) is 0 Å². The van der Waals surface area contributed by atoms with Crippen molar-refractivity contribution >= 4 is 17.7 Å². The van der Waals surface area contributed by atoms with Gasteiger partial charge in [-0.2, -0.15) is 0 Å². The Morgan fingerprint density at radius 2 is 1.88 bits per heavy atom. The monoisotopic (exact) mass is 223 g/mol. The van der Waals surface area contributed by atoms with E-state index in [1.165, 1.54) is 0 Å². The highest BCUT2D eigenvalue weighted by Crippen LogP contribution is 1.98. The third kappa shape index (κ3) is 3.37. The molecule has 1 heterocycles. The van der Waals surface area contributed by atoms with Crippen LogP contribution in [0.5, 0.6) is 0 Å². The fourth-order valence-corrected chi connectivity index (χ4v) is 1.17. The Morgan fingerprint density at radius 3 is 2.44 bits per heavy atom. The Labute approximate surface area is 93.4 Å². The van der Waals surface area contributed by atoms with Crippen LogP contribution in [0.15, 0.2) is 0 Å². The topological polar surface area (TPSA) is 78.5 Å². The number of carbonyl (C=O) groups is 3. The Hall–Kier alpha value is -1.87. The summed E-state index contributed by atoms with van der Waals surface area (Å²) in [6.07, 6.45) is 0.102. The molecule has 1 aliphatic rings. The molecule has 0 aromatic carbocycles. The maximum atomic E-state index is 11.3. The maximum Gasteiger partial charge on any atom is 0.306 e. The molecular weight excluding hydrogens is 210 g/mol. The molecule has 0 aromatic heterocycles. The van der Waals surface area contributed by atoms with Gasteiger partial charge in [0.1, 0.15) is 0 Å². The number of nitrogens with one attached hydrogen (secondary N) is 2. The highest BCUT2D eigenvalue weighted by atomic mass is 16.2. The average molecular weight is 223 g/mol. The van der Waals surface area contributed by atoms with E-state index in [-0.39, 0.29) is 18.9 Å². The number of rotatable bonds is 6. The second-order valence-electron chi connectivity index (χ2n) is 3.22. The van der Waals surface area contributed by atoms with Crippen molar-refractivity contribution in [2.45, 2.75) is 6.42 Å². The zero-order valence-corrected chi connectivity index (χ0v) is 9.00. The Balaban J connectivity index is 2.22. The van der Waals surface area contributed by atoms with E-state index in [4.69, 9.17) is 0 Å². The molecule has 6 heteroatoms. The molecule has 0 atom stereocenters. The summed E-state index contributed by atoms with van der Waals surface area (Å²) in [7, 11) is 1.78. The predicted octanol–water partition coefficient (Wildman–Crippen LogP) is -1.92. The smallest absolute Gasteiger partial charge is 0.306 e. The van der Waals surface area contributed by atoms with Gasteiger partial charge in [-0.15, -0.1) is 0 Å². The number of carbonyl (C=O) groups excluding carboxylic acids is 3. The fourth-order valence-electron chi connectivity index (χ4n) is 1.17. The molecule has 0 aromatic rings. The molecule has 0 saturated carbocycles. The molecule has 0 bridgehead atoms. The van der Waals surface area contributed by atoms with Crippen molar-refractivity contribution in [3.8, 4) is 11.8 Å². The van der Waals surface area contributed by atoms with Crippen molar-refractivity contribution in [1.29, 1.82) is 0 Å². The highest BCUT2D eigenvalue weighted by Gasteiger charge is 2.23. The lowest BCUT2D eigenvalue weighted by atomic mass is 10.3. The largest absolute Gasteiger partial charge is 0.355 e. The molecule has 0 saturated heterocycles. The lowest BCUT2D eigenvalue weighted by Gasteiger charge is -2.11. The molecular formula is C10H13N3O3. The van der Waals surface area contributed by atoms with Crippen LogP contribution in [0.2, 0.25) is 0 Å². The first kappa shape index (κ1) is 12.2. The lowest BCUT2D eigenvalue weighted by Crippen LogP contribution is -2.36. The van der Waals surface area contributed by atoms with Crippen molar-refractivity contribution in [2.75, 3.05) is 26.7 Å². The molecule has 3 amide bonds. The van der Waals surface area contributed by atoms with Crippen LogP contribution in [-0.2, 0) is 14.4 Å². The van der Waals surface area contributed by atoms with E-state index in [1.807, 2.05) is 0 Å². The maximum absolute atomic E-state index is 11.3. The third-order valence-corrected chi connectivity index (χ3v) is 2.03. The van der Waals surface area contributed by atoms with Crippen LogP contribution >= 0.6 is 0 Å². The van der Waals surface area contributed by atoms with Gasteiger partial charge in [-0.3, -0.25) is 19.3 Å². The van der Waals surface area contributed by atoms with E-state index in [0.29, 0.717) is 13.1 Å². The third-order valence-electron chi connectivity index (χ3n) is 2.03. The van der Waals surface area contributed by atoms with Gasteiger partial charge in [-0.05, 0) is 7.05 Å². The van der Waals surface area contributed by atoms with Gasteiger partial charge in [0.15, 0.2) is 0 Å². The van der Waals surface area contributed by atoms with Gasteiger partial charge in [-0.1, -0.05) is 0 Å². The summed E-state index contributed by atoms with van der Waals surface area (Å²) in [6, 6.07) is 0. The van der Waals surface area contributed by atoms with Gasteiger partial charge in [0.05, 0.1) is 0 Å². The number of likely N-dealkylation sites (N-methyl/N-ethyl adjacent to an activating group) is 1. The van der Waals surface area contributed by atoms with Gasteiger partial charge >= 0.3 is 11.8 Å². The Morgan fingerprint density at radius 1 is 1.25 bits per heavy atom. The zero-order chi connectivity index (χ0) is 12.0. The van der Waals surface area contributed by atoms with Crippen LogP contribution in [-0.4, -0.2) is 49.3 Å². The van der Waals surface area contributed by atoms with Gasteiger partial charge in [0, 0.05) is 37.9 Å². The average Bonchev–Trinajstić information content (AvgIpc) is 2.57. The van der Waals surface area contributed by atoms with Crippen molar-refractivity contribution < 1.29 is 14.4 Å². The minimum absolute atomic E-state index is 0.0725. The van der Waals surface area contributed by atoms with Gasteiger partial charge < -0.3 is 10.6 Å². The SMILES string of the molecule is CNCCNC(=O)CCN1C(=O)C#CC1=O. The first-order valence-electron chi connectivity index (χ1n) is 4.94. The first-order chi connectivity index (χ1) is 7.65. The second-order valence-corrected chi connectivity index (χ2v) is 3.22. The number of amides is 3. The quantitative estimate of drug-likeness (QED) is 0.313. The molecule has 0 radical (unpaired) electrons. The number of nitrogens with zero attached hydrogens (tertiary/aromatic N) is 1. The standard InChI is InChI=1S/C10H13N3O3/c1-11-5-6-12-8(14)4-7-13-9(15)2-3-10(13)16/h11H,4-7H2,1H3,(H,12,14). The minimum Gasteiger partial charge on any atom is -0.355 e. The van der Waals surface area contributed by atoms with E-state index in [1.54, 1.807) is 7.05 Å². The molecule has 86 valence electrons. The zero-order valence-electron chi connectivity index (χ0n) is 9.00. The van der Waals surface area contributed by atoms with Crippen molar-refractivity contribution in [1.82, 2.24) is 15.5 Å². The molecule has 6 nitrogen and oxygen atoms in total. The van der Waals surface area contributed by atoms with Gasteiger partial charge in [-0.25, -0.2) is 0 Å². The number of hydrogen-bond acceptors (Lipinski definition) is 4. The number of hydrogen-bond donors (Lipinski definition) is 2. The Kier molecular flexibility index (Phi) is 4.48. The summed E-state index contributed by atoms with van der Waals surface area (Å²) in [6.45, 7) is 1.27. The van der Waals surface area contributed by atoms with E-state index in [9.17, 15) is 14.4 Å². The molecule has 0 fully saturated rings. The van der Waals surface area contributed by atoms with Crippen LogP contribution in [0.25, 0.3) is 0 Å². The molecule has 1 aliphatic heterocycles. The second kappa shape index (κ2) is 5.88. The summed E-state index contributed by atoms with van der Waals surface area (Å²) in [5.41, 5.74) is 0. The summed E-state index contributed by atoms with van der Waals surface area (Å²) in [5, 5.41) is 5.53. The van der Waals surface area contributed by atoms with Crippen LogP contribution in [0, 0.1) is 11.8 Å². The van der Waals surface area contributed by atoms with E-state index >= 15 is 0 Å². The summed E-state index contributed by atoms with van der Waals surface area (Å²) in [4.78, 5) is 34.3. The summed E-state index contributed by atoms with van der Waals surface area (Å²) in [5.74, 6) is 3.02. The summed E-state index contributed by atoms with van der Waals surface area (Å²) < 4.78 is 0. The lowest BCUT2D eigenvalue weighted by molar-refractivity contribution is -0.136. The molecule has 0 spiro atoms. The van der Waals surface area contributed by atoms with Gasteiger partial charge in [0.2, 0.25) is 5.91 Å². The van der Waals surface area contributed by atoms with Crippen molar-refractivity contribution in [2.24, 2.45) is 0 Å². The molecule has 0 aliphatic carbocycles. The number of imide groups is 1. The van der Waals surface area contributed by atoms with Crippen molar-refractivity contribution in [3.63, 3.8) is 0 Å². The highest BCUT2D eigenvalue weighted by molar-refractivity contribution is 6.18. The van der Waals surface area contributed by atoms with E-state index in [2.05, 4.69) is 22.5 Å². The molecule has 16 heavy (non-hydrogen) atoms. The van der Waals surface area contributed by atoms with Crippen LogP contribution < -0.4 is 10.6 Å². The van der Waals surface area contributed by atoms with Crippen LogP contribution in [0.4, 0.5) is 0 Å². The summed E-state index contributed by atoms with van der Waals surface area (Å²) >= 11 is 0. The Bertz CT molecular complexity index is 347. The molecule has 1 rings (SSSR count). The van der Waals surface area contributed by atoms with Crippen LogP contribution in [0.1, 0.15) is 6.42 Å². The predicted molar refractivity (Wildman–Crippen MR) is 56.0 cm³/mol. The normalized spacial score (nSPS) is 13.7.